The van der Waals surface area contributed by atoms with Crippen molar-refractivity contribution in [1.82, 2.24) is 20.7 Å². The number of nitrogens with zero attached hydrogens (tertiary/aromatic N) is 2. The highest BCUT2D eigenvalue weighted by atomic mass is 16.4. The highest BCUT2D eigenvalue weighted by molar-refractivity contribution is 5.97. The van der Waals surface area contributed by atoms with Gasteiger partial charge in [-0.1, -0.05) is 6.42 Å². The van der Waals surface area contributed by atoms with Gasteiger partial charge in [-0.3, -0.25) is 9.59 Å². The smallest absolute Gasteiger partial charge is 0.306 e. The third-order valence-corrected chi connectivity index (χ3v) is 4.08. The van der Waals surface area contributed by atoms with Gasteiger partial charge in [0, 0.05) is 12.1 Å². The van der Waals surface area contributed by atoms with Gasteiger partial charge in [0.1, 0.15) is 11.0 Å². The first-order chi connectivity index (χ1) is 10.1. The Morgan fingerprint density at radius 1 is 1.29 bits per heavy atom. The molecule has 1 amide bonds. The van der Waals surface area contributed by atoms with Gasteiger partial charge in [-0.25, -0.2) is 0 Å². The fourth-order valence-corrected chi connectivity index (χ4v) is 2.91. The second-order valence-electron chi connectivity index (χ2n) is 5.37. The summed E-state index contributed by atoms with van der Waals surface area (Å²) >= 11 is 0. The second-order valence-corrected chi connectivity index (χ2v) is 5.37. The first-order valence-electron chi connectivity index (χ1n) is 6.96. The van der Waals surface area contributed by atoms with Gasteiger partial charge in [0.25, 0.3) is 5.91 Å². The summed E-state index contributed by atoms with van der Waals surface area (Å²) in [5.41, 5.74) is 1.83. The van der Waals surface area contributed by atoms with Gasteiger partial charge in [-0.2, -0.15) is 15.4 Å². The number of H-pyrrole nitrogens is 1. The predicted molar refractivity (Wildman–Crippen MR) is 74.7 cm³/mol. The Labute approximate surface area is 120 Å². The highest BCUT2D eigenvalue weighted by Crippen LogP contribution is 2.31. The van der Waals surface area contributed by atoms with Gasteiger partial charge in [-0.15, -0.1) is 0 Å². The molecule has 0 saturated heterocycles. The Kier molecular flexibility index (Phi) is 3.55. The number of hydrogen-bond acceptors (Lipinski definition) is 4. The van der Waals surface area contributed by atoms with E-state index >= 15 is 0 Å². The lowest BCUT2D eigenvalue weighted by Gasteiger charge is -2.16. The van der Waals surface area contributed by atoms with Crippen LogP contribution < -0.4 is 5.32 Å². The molecular weight excluding hydrogens is 272 g/mol. The molecule has 0 radical (unpaired) electrons. The summed E-state index contributed by atoms with van der Waals surface area (Å²) in [6.45, 7) is 0.395. The molecule has 0 aliphatic heterocycles. The molecule has 1 aliphatic carbocycles. The van der Waals surface area contributed by atoms with Crippen LogP contribution in [0.5, 0.6) is 0 Å². The fourth-order valence-electron chi connectivity index (χ4n) is 2.91. The molecule has 7 heteroatoms. The standard InChI is InChI=1S/C14H16N4O3/c19-13(8-4-5-11-12(6-8)17-18-16-11)15-7-9-2-1-3-10(9)14(20)21/h4-6,9-10H,1-3,7H2,(H,15,19)(H,20,21)(H,16,17,18). The molecule has 2 aromatic rings. The number of carbonyl (C=O) groups excluding carboxylic acids is 1. The summed E-state index contributed by atoms with van der Waals surface area (Å²) in [6.07, 6.45) is 2.45. The number of aromatic nitrogens is 3. The molecule has 7 nitrogen and oxygen atoms in total. The molecule has 2 unspecified atom stereocenters. The van der Waals surface area contributed by atoms with Crippen molar-refractivity contribution in [2.75, 3.05) is 6.54 Å². The zero-order valence-electron chi connectivity index (χ0n) is 11.4. The molecule has 0 spiro atoms. The third kappa shape index (κ3) is 2.72. The Bertz CT molecular complexity index is 682. The van der Waals surface area contributed by atoms with Gasteiger partial charge >= 0.3 is 5.97 Å². The monoisotopic (exact) mass is 288 g/mol. The molecule has 1 aromatic carbocycles. The number of rotatable bonds is 4. The minimum absolute atomic E-state index is 0.0160. The number of carboxylic acid groups (broad SMARTS) is 1. The van der Waals surface area contributed by atoms with E-state index in [0.717, 1.165) is 12.8 Å². The van der Waals surface area contributed by atoms with E-state index < -0.39 is 5.97 Å². The topological polar surface area (TPSA) is 108 Å². The molecule has 1 saturated carbocycles. The zero-order chi connectivity index (χ0) is 14.8. The lowest BCUT2D eigenvalue weighted by Crippen LogP contribution is -2.33. The van der Waals surface area contributed by atoms with Gasteiger partial charge in [0.15, 0.2) is 0 Å². The van der Waals surface area contributed by atoms with Crippen LogP contribution in [0.15, 0.2) is 18.2 Å². The van der Waals surface area contributed by atoms with Crippen molar-refractivity contribution in [2.45, 2.75) is 19.3 Å². The average Bonchev–Trinajstić information content (AvgIpc) is 3.12. The molecule has 0 bridgehead atoms. The number of carbonyl (C=O) groups is 2. The van der Waals surface area contributed by atoms with Crippen molar-refractivity contribution < 1.29 is 14.7 Å². The van der Waals surface area contributed by atoms with E-state index in [-0.39, 0.29) is 17.7 Å². The average molecular weight is 288 g/mol. The van der Waals surface area contributed by atoms with Crippen LogP contribution >= 0.6 is 0 Å². The number of amides is 1. The van der Waals surface area contributed by atoms with Crippen molar-refractivity contribution >= 4 is 22.9 Å². The summed E-state index contributed by atoms with van der Waals surface area (Å²) in [6, 6.07) is 5.07. The molecule has 3 N–H and O–H groups in total. The lowest BCUT2D eigenvalue weighted by atomic mass is 9.96. The van der Waals surface area contributed by atoms with Crippen LogP contribution in [0.4, 0.5) is 0 Å². The van der Waals surface area contributed by atoms with Crippen molar-refractivity contribution in [1.29, 1.82) is 0 Å². The molecule has 110 valence electrons. The summed E-state index contributed by atoms with van der Waals surface area (Å²) in [5.74, 6) is -1.31. The maximum absolute atomic E-state index is 12.1. The quantitative estimate of drug-likeness (QED) is 0.783. The molecular formula is C14H16N4O3. The summed E-state index contributed by atoms with van der Waals surface area (Å²) in [5, 5.41) is 22.3. The van der Waals surface area contributed by atoms with Crippen LogP contribution in [0.3, 0.4) is 0 Å². The summed E-state index contributed by atoms with van der Waals surface area (Å²) < 4.78 is 0. The van der Waals surface area contributed by atoms with Crippen LogP contribution in [0.25, 0.3) is 11.0 Å². The maximum atomic E-state index is 12.1. The van der Waals surface area contributed by atoms with Gasteiger partial charge < -0.3 is 10.4 Å². The zero-order valence-corrected chi connectivity index (χ0v) is 11.4. The lowest BCUT2D eigenvalue weighted by molar-refractivity contribution is -0.142. The van der Waals surface area contributed by atoms with E-state index in [1.165, 1.54) is 0 Å². The Hall–Kier alpha value is -2.44. The van der Waals surface area contributed by atoms with Crippen LogP contribution in [-0.4, -0.2) is 38.9 Å². The first-order valence-corrected chi connectivity index (χ1v) is 6.96. The van der Waals surface area contributed by atoms with Crippen LogP contribution in [-0.2, 0) is 4.79 Å². The molecule has 1 heterocycles. The summed E-state index contributed by atoms with van der Waals surface area (Å²) in [7, 11) is 0. The van der Waals surface area contributed by atoms with E-state index in [2.05, 4.69) is 20.7 Å². The van der Waals surface area contributed by atoms with Gasteiger partial charge in [0.05, 0.1) is 5.92 Å². The minimum atomic E-state index is -0.768. The van der Waals surface area contributed by atoms with Crippen molar-refractivity contribution in [3.8, 4) is 0 Å². The number of benzene rings is 1. The van der Waals surface area contributed by atoms with Crippen LogP contribution in [0, 0.1) is 11.8 Å². The molecule has 2 atom stereocenters. The SMILES string of the molecule is O=C(NCC1CCCC1C(=O)O)c1ccc2n[nH]nc2c1. The number of aliphatic carboxylic acids is 1. The number of fused-ring (bicyclic) bond motifs is 1. The van der Waals surface area contributed by atoms with Crippen molar-refractivity contribution in [2.24, 2.45) is 11.8 Å². The van der Waals surface area contributed by atoms with Crippen LogP contribution in [0.1, 0.15) is 29.6 Å². The Morgan fingerprint density at radius 3 is 2.90 bits per heavy atom. The van der Waals surface area contributed by atoms with Crippen LogP contribution in [0.2, 0.25) is 0 Å². The molecule has 1 aliphatic rings. The largest absolute Gasteiger partial charge is 0.481 e. The maximum Gasteiger partial charge on any atom is 0.306 e. The normalized spacial score (nSPS) is 21.5. The van der Waals surface area contributed by atoms with Crippen molar-refractivity contribution in [3.63, 3.8) is 0 Å². The Morgan fingerprint density at radius 2 is 2.10 bits per heavy atom. The van der Waals surface area contributed by atoms with E-state index in [1.807, 2.05) is 0 Å². The number of carboxylic acids is 1. The van der Waals surface area contributed by atoms with E-state index in [1.54, 1.807) is 18.2 Å². The molecule has 21 heavy (non-hydrogen) atoms. The van der Waals surface area contributed by atoms with Crippen molar-refractivity contribution in [3.05, 3.63) is 23.8 Å². The van der Waals surface area contributed by atoms with Gasteiger partial charge in [-0.05, 0) is 37.0 Å². The number of aromatic amines is 1. The molecule has 3 rings (SSSR count). The van der Waals surface area contributed by atoms with E-state index in [0.29, 0.717) is 29.6 Å². The number of nitrogens with one attached hydrogen (secondary N) is 2. The first kappa shape index (κ1) is 13.5. The highest BCUT2D eigenvalue weighted by Gasteiger charge is 2.32. The second kappa shape index (κ2) is 5.51. The number of hydrogen-bond donors (Lipinski definition) is 3. The Balaban J connectivity index is 1.64. The molecule has 1 fully saturated rings. The predicted octanol–water partition coefficient (Wildman–Crippen LogP) is 1.19. The fraction of sp³-hybridized carbons (Fsp3) is 0.429. The third-order valence-electron chi connectivity index (χ3n) is 4.08. The van der Waals surface area contributed by atoms with Gasteiger partial charge in [0.2, 0.25) is 0 Å². The summed E-state index contributed by atoms with van der Waals surface area (Å²) in [4.78, 5) is 23.2. The minimum Gasteiger partial charge on any atom is -0.481 e. The molecule has 1 aromatic heterocycles. The van der Waals surface area contributed by atoms with E-state index in [9.17, 15) is 9.59 Å². The van der Waals surface area contributed by atoms with E-state index in [4.69, 9.17) is 5.11 Å².